The van der Waals surface area contributed by atoms with Crippen LogP contribution in [-0.2, 0) is 19.1 Å². The molecule has 29 heavy (non-hydrogen) atoms. The normalized spacial score (nSPS) is 12.2. The van der Waals surface area contributed by atoms with Gasteiger partial charge in [-0.15, -0.1) is 0 Å². The second-order valence-corrected chi connectivity index (χ2v) is 7.58. The first-order valence-electron chi connectivity index (χ1n) is 11.3. The van der Waals surface area contributed by atoms with Crippen LogP contribution < -0.4 is 0 Å². The molecule has 0 rings (SSSR count). The van der Waals surface area contributed by atoms with Gasteiger partial charge in [0.15, 0.2) is 6.10 Å². The lowest BCUT2D eigenvalue weighted by atomic mass is 10.1. The van der Waals surface area contributed by atoms with Crippen molar-refractivity contribution in [1.82, 2.24) is 0 Å². The summed E-state index contributed by atoms with van der Waals surface area (Å²) in [6, 6.07) is 0. The summed E-state index contributed by atoms with van der Waals surface area (Å²) in [5.41, 5.74) is 0. The quantitative estimate of drug-likeness (QED) is 0.147. The zero-order valence-corrected chi connectivity index (χ0v) is 18.1. The van der Waals surface area contributed by atoms with Crippen LogP contribution in [0.2, 0.25) is 0 Å². The Bertz CT molecular complexity index is 472. The molecule has 0 saturated carbocycles. The standard InChI is InChI=1S/C23H40O6/c1-2-3-4-5-6-7-8-9-10-11-12-13-14-15-16-17-22(26)29-20(23(27)28)18-19-21(24)25/h9-10,20H,2-8,11-19H2,1H3,(H,24,25)(H,27,28). The Hall–Kier alpha value is -1.85. The molecule has 0 heterocycles. The molecule has 0 aromatic rings. The maximum Gasteiger partial charge on any atom is 0.345 e. The number of carbonyl (C=O) groups is 3. The highest BCUT2D eigenvalue weighted by molar-refractivity contribution is 5.78. The molecule has 6 heteroatoms. The van der Waals surface area contributed by atoms with E-state index in [2.05, 4.69) is 19.1 Å². The monoisotopic (exact) mass is 412 g/mol. The van der Waals surface area contributed by atoms with Crippen molar-refractivity contribution in [2.75, 3.05) is 0 Å². The van der Waals surface area contributed by atoms with Crippen molar-refractivity contribution in [2.45, 2.75) is 116 Å². The minimum atomic E-state index is -1.37. The summed E-state index contributed by atoms with van der Waals surface area (Å²) < 4.78 is 4.87. The summed E-state index contributed by atoms with van der Waals surface area (Å²) in [4.78, 5) is 33.2. The molecule has 0 aliphatic heterocycles. The van der Waals surface area contributed by atoms with Crippen molar-refractivity contribution in [3.8, 4) is 0 Å². The fraction of sp³-hybridized carbons (Fsp3) is 0.783. The molecule has 0 aromatic carbocycles. The van der Waals surface area contributed by atoms with Gasteiger partial charge in [-0.25, -0.2) is 4.79 Å². The lowest BCUT2D eigenvalue weighted by Gasteiger charge is -2.12. The lowest BCUT2D eigenvalue weighted by Crippen LogP contribution is -2.27. The Morgan fingerprint density at radius 1 is 0.759 bits per heavy atom. The van der Waals surface area contributed by atoms with E-state index in [1.54, 1.807) is 0 Å². The zero-order chi connectivity index (χ0) is 21.7. The molecule has 0 saturated heterocycles. The van der Waals surface area contributed by atoms with Gasteiger partial charge in [-0.2, -0.15) is 0 Å². The summed E-state index contributed by atoms with van der Waals surface area (Å²) in [6.07, 6.45) is 18.0. The number of hydrogen-bond acceptors (Lipinski definition) is 4. The third-order valence-electron chi connectivity index (χ3n) is 4.81. The van der Waals surface area contributed by atoms with Crippen LogP contribution in [-0.4, -0.2) is 34.2 Å². The molecule has 1 atom stereocenters. The molecule has 0 aliphatic rings. The second-order valence-electron chi connectivity index (χ2n) is 7.58. The van der Waals surface area contributed by atoms with Crippen LogP contribution in [0.25, 0.3) is 0 Å². The number of rotatable bonds is 20. The first-order chi connectivity index (χ1) is 14.0. The number of carbonyl (C=O) groups excluding carboxylic acids is 1. The highest BCUT2D eigenvalue weighted by Crippen LogP contribution is 2.11. The Balaban J connectivity index is 3.54. The SMILES string of the molecule is CCCCCCCCC=CCCCCCCCC(=O)OC(CCC(=O)O)C(=O)O. The van der Waals surface area contributed by atoms with Gasteiger partial charge in [-0.3, -0.25) is 9.59 Å². The van der Waals surface area contributed by atoms with Gasteiger partial charge in [-0.1, -0.05) is 70.4 Å². The average Bonchev–Trinajstić information content (AvgIpc) is 2.67. The van der Waals surface area contributed by atoms with Crippen molar-refractivity contribution in [3.05, 3.63) is 12.2 Å². The van der Waals surface area contributed by atoms with E-state index in [4.69, 9.17) is 14.9 Å². The van der Waals surface area contributed by atoms with Crippen LogP contribution in [0.4, 0.5) is 0 Å². The second kappa shape index (κ2) is 19.5. The summed E-state index contributed by atoms with van der Waals surface area (Å²) in [6.45, 7) is 2.24. The van der Waals surface area contributed by atoms with E-state index >= 15 is 0 Å². The molecule has 0 amide bonds. The third kappa shape index (κ3) is 19.2. The van der Waals surface area contributed by atoms with E-state index < -0.39 is 24.0 Å². The fourth-order valence-electron chi connectivity index (χ4n) is 3.05. The largest absolute Gasteiger partial charge is 0.481 e. The van der Waals surface area contributed by atoms with Gasteiger partial charge in [0.2, 0.25) is 0 Å². The number of hydrogen-bond donors (Lipinski definition) is 2. The van der Waals surface area contributed by atoms with Crippen molar-refractivity contribution in [2.24, 2.45) is 0 Å². The lowest BCUT2D eigenvalue weighted by molar-refractivity contribution is -0.165. The maximum atomic E-state index is 11.7. The molecule has 168 valence electrons. The molecule has 0 aliphatic carbocycles. The van der Waals surface area contributed by atoms with Gasteiger partial charge in [-0.05, 0) is 32.1 Å². The van der Waals surface area contributed by atoms with E-state index in [-0.39, 0.29) is 19.3 Å². The van der Waals surface area contributed by atoms with Crippen LogP contribution in [0.5, 0.6) is 0 Å². The molecular formula is C23H40O6. The summed E-state index contributed by atoms with van der Waals surface area (Å²) in [5, 5.41) is 17.6. The van der Waals surface area contributed by atoms with E-state index in [1.165, 1.54) is 44.9 Å². The van der Waals surface area contributed by atoms with Crippen LogP contribution in [0.15, 0.2) is 12.2 Å². The molecule has 0 bridgehead atoms. The van der Waals surface area contributed by atoms with Gasteiger partial charge in [0.05, 0.1) is 0 Å². The van der Waals surface area contributed by atoms with Gasteiger partial charge < -0.3 is 14.9 Å². The average molecular weight is 413 g/mol. The first-order valence-corrected chi connectivity index (χ1v) is 11.3. The molecular weight excluding hydrogens is 372 g/mol. The predicted molar refractivity (Wildman–Crippen MR) is 114 cm³/mol. The molecule has 1 unspecified atom stereocenters. The highest BCUT2D eigenvalue weighted by Gasteiger charge is 2.22. The Labute approximate surface area is 175 Å². The zero-order valence-electron chi connectivity index (χ0n) is 18.1. The van der Waals surface area contributed by atoms with Crippen LogP contribution in [0, 0.1) is 0 Å². The summed E-state index contributed by atoms with van der Waals surface area (Å²) in [5.74, 6) is -2.98. The molecule has 0 fully saturated rings. The Morgan fingerprint density at radius 3 is 1.79 bits per heavy atom. The first kappa shape index (κ1) is 27.1. The minimum Gasteiger partial charge on any atom is -0.481 e. The molecule has 0 radical (unpaired) electrons. The van der Waals surface area contributed by atoms with Crippen LogP contribution in [0.3, 0.4) is 0 Å². The van der Waals surface area contributed by atoms with E-state index in [0.717, 1.165) is 32.1 Å². The number of esters is 1. The van der Waals surface area contributed by atoms with Crippen molar-refractivity contribution in [1.29, 1.82) is 0 Å². The number of aliphatic carboxylic acids is 2. The van der Waals surface area contributed by atoms with Crippen LogP contribution >= 0.6 is 0 Å². The van der Waals surface area contributed by atoms with E-state index in [1.807, 2.05) is 0 Å². The fourth-order valence-corrected chi connectivity index (χ4v) is 3.05. The van der Waals surface area contributed by atoms with Gasteiger partial charge in [0, 0.05) is 19.3 Å². The van der Waals surface area contributed by atoms with Crippen molar-refractivity contribution >= 4 is 17.9 Å². The number of allylic oxidation sites excluding steroid dienone is 2. The van der Waals surface area contributed by atoms with Gasteiger partial charge >= 0.3 is 17.9 Å². The van der Waals surface area contributed by atoms with E-state index in [0.29, 0.717) is 6.42 Å². The highest BCUT2D eigenvalue weighted by atomic mass is 16.6. The number of carboxylic acids is 2. The topological polar surface area (TPSA) is 101 Å². The molecule has 6 nitrogen and oxygen atoms in total. The maximum absolute atomic E-state index is 11.7. The van der Waals surface area contributed by atoms with Crippen molar-refractivity contribution in [3.63, 3.8) is 0 Å². The van der Waals surface area contributed by atoms with Gasteiger partial charge in [0.25, 0.3) is 0 Å². The smallest absolute Gasteiger partial charge is 0.345 e. The summed E-state index contributed by atoms with van der Waals surface area (Å²) >= 11 is 0. The molecule has 0 spiro atoms. The molecule has 2 N–H and O–H groups in total. The third-order valence-corrected chi connectivity index (χ3v) is 4.81. The summed E-state index contributed by atoms with van der Waals surface area (Å²) in [7, 11) is 0. The molecule has 0 aromatic heterocycles. The Morgan fingerprint density at radius 2 is 1.28 bits per heavy atom. The number of carboxylic acid groups (broad SMARTS) is 2. The minimum absolute atomic E-state index is 0.176. The Kier molecular flexibility index (Phi) is 18.2. The van der Waals surface area contributed by atoms with Gasteiger partial charge in [0.1, 0.15) is 0 Å². The van der Waals surface area contributed by atoms with E-state index in [9.17, 15) is 14.4 Å². The van der Waals surface area contributed by atoms with Crippen molar-refractivity contribution < 1.29 is 29.3 Å². The number of ether oxygens (including phenoxy) is 1. The van der Waals surface area contributed by atoms with Crippen LogP contribution in [0.1, 0.15) is 110 Å². The number of unbranched alkanes of at least 4 members (excludes halogenated alkanes) is 11. The predicted octanol–water partition coefficient (Wildman–Crippen LogP) is 5.89.